The van der Waals surface area contributed by atoms with Crippen LogP contribution in [0.1, 0.15) is 13.8 Å². The van der Waals surface area contributed by atoms with Crippen LogP contribution in [0, 0.1) is 5.41 Å². The molecule has 0 saturated heterocycles. The molecule has 17 heavy (non-hydrogen) atoms. The second-order valence-corrected chi connectivity index (χ2v) is 5.40. The summed E-state index contributed by atoms with van der Waals surface area (Å²) < 4.78 is 10.0. The van der Waals surface area contributed by atoms with Gasteiger partial charge in [0.25, 0.3) is 0 Å². The molecule has 0 rings (SSSR count). The molecule has 0 fully saturated rings. The van der Waals surface area contributed by atoms with Gasteiger partial charge in [0.1, 0.15) is 0 Å². The molecule has 0 aliphatic carbocycles. The van der Waals surface area contributed by atoms with Crippen molar-refractivity contribution in [3.8, 4) is 0 Å². The minimum absolute atomic E-state index is 0.560. The lowest BCUT2D eigenvalue weighted by Gasteiger charge is -2.33. The van der Waals surface area contributed by atoms with Gasteiger partial charge in [0.2, 0.25) is 0 Å². The minimum atomic E-state index is -0.669. The molecule has 0 heterocycles. The number of hydrogen-bond donors (Lipinski definition) is 0. The Balaban J connectivity index is 4.62. The highest BCUT2D eigenvalue weighted by atomic mass is 79.9. The molecule has 0 aliphatic rings. The van der Waals surface area contributed by atoms with Gasteiger partial charge in [-0.15, -0.1) is 0 Å². The molecule has 0 aromatic rings. The molecular formula is C11H14Br2O4. The Labute approximate surface area is 117 Å². The molecular weight excluding hydrogens is 356 g/mol. The summed E-state index contributed by atoms with van der Waals surface area (Å²) in [6, 6.07) is 0. The topological polar surface area (TPSA) is 52.6 Å². The van der Waals surface area contributed by atoms with Crippen LogP contribution in [0.5, 0.6) is 0 Å². The highest BCUT2D eigenvalue weighted by Gasteiger charge is 2.39. The van der Waals surface area contributed by atoms with Crippen molar-refractivity contribution in [2.24, 2.45) is 5.41 Å². The zero-order chi connectivity index (χ0) is 13.6. The largest absolute Gasteiger partial charge is 0.447 e. The van der Waals surface area contributed by atoms with Gasteiger partial charge in [0.15, 0.2) is 10.0 Å². The van der Waals surface area contributed by atoms with E-state index in [2.05, 4.69) is 45.0 Å². The van der Waals surface area contributed by atoms with Crippen LogP contribution in [0.25, 0.3) is 0 Å². The normalized spacial score (nSPS) is 14.4. The smallest absolute Gasteiger partial charge is 0.331 e. The lowest BCUT2D eigenvalue weighted by Crippen LogP contribution is -2.38. The fraction of sp³-hybridized carbons (Fsp3) is 0.455. The van der Waals surface area contributed by atoms with Crippen LogP contribution < -0.4 is 0 Å². The quantitative estimate of drug-likeness (QED) is 0.410. The van der Waals surface area contributed by atoms with Gasteiger partial charge in [-0.05, 0) is 31.9 Å². The molecule has 2 atom stereocenters. The molecule has 0 aromatic carbocycles. The first-order valence-electron chi connectivity index (χ1n) is 4.70. The van der Waals surface area contributed by atoms with Crippen molar-refractivity contribution in [1.29, 1.82) is 0 Å². The van der Waals surface area contributed by atoms with Crippen LogP contribution in [0.15, 0.2) is 25.3 Å². The number of alkyl halides is 2. The fourth-order valence-corrected chi connectivity index (χ4v) is 1.91. The van der Waals surface area contributed by atoms with Gasteiger partial charge in [0, 0.05) is 12.2 Å². The van der Waals surface area contributed by atoms with Crippen molar-refractivity contribution in [3.63, 3.8) is 0 Å². The van der Waals surface area contributed by atoms with Crippen LogP contribution in [-0.4, -0.2) is 22.0 Å². The second-order valence-electron chi connectivity index (χ2n) is 3.74. The highest BCUT2D eigenvalue weighted by molar-refractivity contribution is 9.10. The van der Waals surface area contributed by atoms with E-state index in [4.69, 9.17) is 9.47 Å². The van der Waals surface area contributed by atoms with Crippen molar-refractivity contribution in [2.45, 2.75) is 23.9 Å². The maximum absolute atomic E-state index is 11.1. The standard InChI is InChI=1S/C11H14Br2O4/c1-5-7(14)16-9(12)11(3,4)10(13)17-8(15)6-2/h5-6,9-10H,1-2H2,3-4H3. The summed E-state index contributed by atoms with van der Waals surface area (Å²) in [6.07, 6.45) is 2.12. The van der Waals surface area contributed by atoms with Crippen molar-refractivity contribution >= 4 is 43.8 Å². The Bertz CT molecular complexity index is 295. The molecule has 6 heteroatoms. The first-order chi connectivity index (χ1) is 7.75. The maximum atomic E-state index is 11.1. The molecule has 0 saturated carbocycles. The Morgan fingerprint density at radius 3 is 1.59 bits per heavy atom. The number of ether oxygens (including phenoxy) is 2. The number of hydrogen-bond acceptors (Lipinski definition) is 4. The van der Waals surface area contributed by atoms with Gasteiger partial charge >= 0.3 is 11.9 Å². The summed E-state index contributed by atoms with van der Waals surface area (Å²) in [6.45, 7) is 10.1. The zero-order valence-corrected chi connectivity index (χ0v) is 12.8. The van der Waals surface area contributed by atoms with E-state index in [1.165, 1.54) is 0 Å². The third kappa shape index (κ3) is 5.04. The van der Waals surface area contributed by atoms with E-state index in [0.717, 1.165) is 12.2 Å². The molecule has 0 aliphatic heterocycles. The van der Waals surface area contributed by atoms with E-state index in [1.807, 2.05) is 0 Å². The Morgan fingerprint density at radius 1 is 1.06 bits per heavy atom. The lowest BCUT2D eigenvalue weighted by atomic mass is 9.96. The number of carbonyl (C=O) groups excluding carboxylic acids is 2. The van der Waals surface area contributed by atoms with Gasteiger partial charge < -0.3 is 9.47 Å². The summed E-state index contributed by atoms with van der Waals surface area (Å²) in [4.78, 5) is 22.1. The fourth-order valence-electron chi connectivity index (χ4n) is 0.707. The second kappa shape index (κ2) is 6.96. The third-order valence-electron chi connectivity index (χ3n) is 1.94. The first-order valence-corrected chi connectivity index (χ1v) is 6.53. The van der Waals surface area contributed by atoms with E-state index in [0.29, 0.717) is 0 Å². The van der Waals surface area contributed by atoms with E-state index in [9.17, 15) is 9.59 Å². The average Bonchev–Trinajstić information content (AvgIpc) is 2.28. The lowest BCUT2D eigenvalue weighted by molar-refractivity contribution is -0.150. The SMILES string of the molecule is C=CC(=O)OC(Br)C(C)(C)C(Br)OC(=O)C=C. The van der Waals surface area contributed by atoms with Gasteiger partial charge in [-0.3, -0.25) is 0 Å². The van der Waals surface area contributed by atoms with Gasteiger partial charge in [-0.25, -0.2) is 9.59 Å². The Morgan fingerprint density at radius 2 is 1.35 bits per heavy atom. The van der Waals surface area contributed by atoms with Crippen molar-refractivity contribution in [1.82, 2.24) is 0 Å². The van der Waals surface area contributed by atoms with Gasteiger partial charge in [-0.2, -0.15) is 0 Å². The molecule has 4 nitrogen and oxygen atoms in total. The maximum Gasteiger partial charge on any atom is 0.331 e. The van der Waals surface area contributed by atoms with Crippen molar-refractivity contribution in [3.05, 3.63) is 25.3 Å². The van der Waals surface area contributed by atoms with Crippen LogP contribution >= 0.6 is 31.9 Å². The summed E-state index contributed by atoms with van der Waals surface area (Å²) in [5.41, 5.74) is -0.669. The number of rotatable bonds is 6. The molecule has 0 amide bonds. The minimum Gasteiger partial charge on any atom is -0.447 e. The Hall–Kier alpha value is -0.620. The summed E-state index contributed by atoms with van der Waals surface area (Å²) >= 11 is 6.43. The molecule has 96 valence electrons. The van der Waals surface area contributed by atoms with Crippen LogP contribution in [0.4, 0.5) is 0 Å². The van der Waals surface area contributed by atoms with Crippen LogP contribution in [0.2, 0.25) is 0 Å². The molecule has 0 bridgehead atoms. The van der Waals surface area contributed by atoms with E-state index >= 15 is 0 Å². The molecule has 0 N–H and O–H groups in total. The zero-order valence-electron chi connectivity index (χ0n) is 9.61. The van der Waals surface area contributed by atoms with E-state index in [-0.39, 0.29) is 0 Å². The average molecular weight is 370 g/mol. The van der Waals surface area contributed by atoms with E-state index in [1.54, 1.807) is 13.8 Å². The molecule has 0 spiro atoms. The number of halogens is 2. The van der Waals surface area contributed by atoms with E-state index < -0.39 is 27.4 Å². The van der Waals surface area contributed by atoms with Crippen LogP contribution in [-0.2, 0) is 19.1 Å². The predicted octanol–water partition coefficient (Wildman–Crippen LogP) is 2.91. The molecule has 0 aromatic heterocycles. The van der Waals surface area contributed by atoms with Crippen LogP contribution in [0.3, 0.4) is 0 Å². The monoisotopic (exact) mass is 368 g/mol. The highest BCUT2D eigenvalue weighted by Crippen LogP contribution is 2.36. The molecule has 2 unspecified atom stereocenters. The first kappa shape index (κ1) is 16.4. The number of carbonyl (C=O) groups is 2. The molecule has 0 radical (unpaired) electrons. The summed E-state index contributed by atoms with van der Waals surface area (Å²) in [5.74, 6) is -1.12. The van der Waals surface area contributed by atoms with Gasteiger partial charge in [-0.1, -0.05) is 27.0 Å². The van der Waals surface area contributed by atoms with Crippen molar-refractivity contribution in [2.75, 3.05) is 0 Å². The predicted molar refractivity (Wildman–Crippen MR) is 71.8 cm³/mol. The third-order valence-corrected chi connectivity index (χ3v) is 4.68. The van der Waals surface area contributed by atoms with Crippen molar-refractivity contribution < 1.29 is 19.1 Å². The Kier molecular flexibility index (Phi) is 6.70. The summed E-state index contributed by atoms with van der Waals surface area (Å²) in [5, 5.41) is -1.27. The summed E-state index contributed by atoms with van der Waals surface area (Å²) in [7, 11) is 0. The van der Waals surface area contributed by atoms with Gasteiger partial charge in [0.05, 0.1) is 5.41 Å². The number of esters is 2.